The first kappa shape index (κ1) is 27.9. The second kappa shape index (κ2) is 11.3. The van der Waals surface area contributed by atoms with Gasteiger partial charge in [-0.2, -0.15) is 9.97 Å². The van der Waals surface area contributed by atoms with E-state index in [-0.39, 0.29) is 17.9 Å². The summed E-state index contributed by atoms with van der Waals surface area (Å²) in [7, 11) is 2.16. The highest BCUT2D eigenvalue weighted by molar-refractivity contribution is 5.97. The minimum atomic E-state index is -0.284. The molecule has 0 saturated carbocycles. The van der Waals surface area contributed by atoms with Crippen molar-refractivity contribution in [2.75, 3.05) is 69.3 Å². The van der Waals surface area contributed by atoms with Crippen LogP contribution in [0.4, 0.5) is 11.5 Å². The van der Waals surface area contributed by atoms with E-state index in [1.165, 1.54) is 40.9 Å². The van der Waals surface area contributed by atoms with Gasteiger partial charge < -0.3 is 29.2 Å². The summed E-state index contributed by atoms with van der Waals surface area (Å²) in [6.45, 7) is 10.1. The molecule has 0 spiro atoms. The Kier molecular flexibility index (Phi) is 7.33. The quantitative estimate of drug-likeness (QED) is 0.410. The van der Waals surface area contributed by atoms with E-state index in [1.54, 1.807) is 4.90 Å². The predicted octanol–water partition coefficient (Wildman–Crippen LogP) is 2.85. The molecule has 3 aromatic rings. The Hall–Kier alpha value is -3.92. The number of hydrogen-bond acceptors (Lipinski definition) is 8. The minimum absolute atomic E-state index is 0.0337. The topological polar surface area (TPSA) is 85.1 Å². The maximum atomic E-state index is 13.0. The highest BCUT2D eigenvalue weighted by Crippen LogP contribution is 2.36. The van der Waals surface area contributed by atoms with Crippen LogP contribution in [0.3, 0.4) is 0 Å². The van der Waals surface area contributed by atoms with E-state index in [4.69, 9.17) is 14.7 Å². The molecule has 0 bridgehead atoms. The maximum absolute atomic E-state index is 13.0. The molecule has 43 heavy (non-hydrogen) atoms. The van der Waals surface area contributed by atoms with Gasteiger partial charge in [0.15, 0.2) is 0 Å². The number of ether oxygens (including phenoxy) is 1. The monoisotopic (exact) mass is 583 g/mol. The largest absolute Gasteiger partial charge is 0.462 e. The van der Waals surface area contributed by atoms with Crippen molar-refractivity contribution >= 4 is 34.1 Å². The zero-order chi connectivity index (χ0) is 29.7. The Bertz CT molecular complexity index is 1550. The Morgan fingerprint density at radius 1 is 0.977 bits per heavy atom. The van der Waals surface area contributed by atoms with Gasteiger partial charge in [-0.3, -0.25) is 9.59 Å². The zero-order valence-corrected chi connectivity index (χ0v) is 25.5. The standard InChI is InChI=1S/C33H41N7O3/c1-22-7-4-8-24-9-5-11-28(30(22)24)39-14-12-26-27(19-39)34-33(43-21-25-10-6-13-36(25)3)35-31(26)37-15-17-38(18-16-37)32(42)29-20-40(29)23(2)41/h4-5,7-9,11,25,29H,6,10,12-21H2,1-3H3/t25-,29?,40?/m0/s1. The predicted molar refractivity (Wildman–Crippen MR) is 167 cm³/mol. The number of aryl methyl sites for hydroxylation is 1. The summed E-state index contributed by atoms with van der Waals surface area (Å²) in [6, 6.07) is 13.6. The van der Waals surface area contributed by atoms with Crippen LogP contribution in [0.2, 0.25) is 0 Å². The van der Waals surface area contributed by atoms with Gasteiger partial charge in [0.05, 0.1) is 18.8 Å². The molecule has 3 saturated heterocycles. The number of benzene rings is 2. The maximum Gasteiger partial charge on any atom is 0.318 e. The van der Waals surface area contributed by atoms with Crippen LogP contribution in [0.25, 0.3) is 10.8 Å². The normalized spacial score (nSPS) is 22.2. The van der Waals surface area contributed by atoms with Crippen molar-refractivity contribution in [2.45, 2.75) is 51.7 Å². The van der Waals surface area contributed by atoms with Crippen LogP contribution in [0, 0.1) is 6.92 Å². The van der Waals surface area contributed by atoms with Gasteiger partial charge in [-0.15, -0.1) is 0 Å². The molecular weight excluding hydrogens is 542 g/mol. The average Bonchev–Trinajstić information content (AvgIpc) is 3.73. The molecule has 10 heteroatoms. The minimum Gasteiger partial charge on any atom is -0.462 e. The van der Waals surface area contributed by atoms with Crippen LogP contribution >= 0.6 is 0 Å². The number of hydrogen-bond donors (Lipinski definition) is 0. The number of anilines is 2. The molecule has 0 aliphatic carbocycles. The van der Waals surface area contributed by atoms with Crippen LogP contribution in [-0.4, -0.2) is 108 Å². The van der Waals surface area contributed by atoms with E-state index in [0.29, 0.717) is 57.9 Å². The number of fused-ring (bicyclic) bond motifs is 2. The fraction of sp³-hybridized carbons (Fsp3) is 0.515. The zero-order valence-electron chi connectivity index (χ0n) is 25.5. The van der Waals surface area contributed by atoms with E-state index >= 15 is 0 Å². The van der Waals surface area contributed by atoms with Gasteiger partial charge in [0.25, 0.3) is 0 Å². The van der Waals surface area contributed by atoms with E-state index in [2.05, 4.69) is 65.1 Å². The Morgan fingerprint density at radius 3 is 2.49 bits per heavy atom. The smallest absolute Gasteiger partial charge is 0.318 e. The molecule has 2 aromatic carbocycles. The molecule has 0 radical (unpaired) electrons. The van der Waals surface area contributed by atoms with Crippen LogP contribution < -0.4 is 14.5 Å². The molecule has 0 N–H and O–H groups in total. The van der Waals surface area contributed by atoms with E-state index < -0.39 is 0 Å². The van der Waals surface area contributed by atoms with Gasteiger partial charge >= 0.3 is 6.01 Å². The highest BCUT2D eigenvalue weighted by Gasteiger charge is 2.45. The third kappa shape index (κ3) is 5.37. The molecule has 10 nitrogen and oxygen atoms in total. The summed E-state index contributed by atoms with van der Waals surface area (Å²) in [5.74, 6) is 0.969. The van der Waals surface area contributed by atoms with Crippen LogP contribution in [0.5, 0.6) is 6.01 Å². The Morgan fingerprint density at radius 2 is 1.77 bits per heavy atom. The fourth-order valence-corrected chi connectivity index (χ4v) is 7.10. The molecular formula is C33H41N7O3. The van der Waals surface area contributed by atoms with Crippen molar-refractivity contribution in [3.63, 3.8) is 0 Å². The number of likely N-dealkylation sites (N-methyl/N-ethyl adjacent to an activating group) is 1. The van der Waals surface area contributed by atoms with Crippen molar-refractivity contribution in [3.05, 3.63) is 53.2 Å². The third-order valence-electron chi connectivity index (χ3n) is 9.72. The summed E-state index contributed by atoms with van der Waals surface area (Å²) < 4.78 is 6.31. The number of rotatable bonds is 6. The fourth-order valence-electron chi connectivity index (χ4n) is 7.10. The van der Waals surface area contributed by atoms with Crippen LogP contribution in [0.1, 0.15) is 36.6 Å². The lowest BCUT2D eigenvalue weighted by Gasteiger charge is -2.38. The summed E-state index contributed by atoms with van der Waals surface area (Å²) in [6.07, 6.45) is 3.15. The first-order valence-electron chi connectivity index (χ1n) is 15.6. The van der Waals surface area contributed by atoms with Gasteiger partial charge in [0, 0.05) is 62.3 Å². The van der Waals surface area contributed by atoms with Crippen LogP contribution in [0.15, 0.2) is 36.4 Å². The molecule has 3 fully saturated rings. The number of nitrogens with zero attached hydrogens (tertiary/aromatic N) is 7. The number of carbonyl (C=O) groups is 2. The molecule has 226 valence electrons. The molecule has 7 rings (SSSR count). The number of aromatic nitrogens is 2. The second-order valence-electron chi connectivity index (χ2n) is 12.5. The van der Waals surface area contributed by atoms with Gasteiger partial charge in [0.2, 0.25) is 11.8 Å². The van der Waals surface area contributed by atoms with Gasteiger partial charge in [-0.05, 0) is 56.8 Å². The number of amides is 2. The molecule has 4 aliphatic rings. The second-order valence-corrected chi connectivity index (χ2v) is 12.5. The summed E-state index contributed by atoms with van der Waals surface area (Å²) in [5.41, 5.74) is 4.72. The molecule has 1 unspecified atom stereocenters. The molecule has 5 heterocycles. The summed E-state index contributed by atoms with van der Waals surface area (Å²) >= 11 is 0. The number of likely N-dealkylation sites (tertiary alicyclic amines) is 1. The molecule has 2 atom stereocenters. The average molecular weight is 584 g/mol. The SMILES string of the molecule is CC(=O)N1CC1C(=O)N1CCN(c2nc(OC[C@@H]3CCCN3C)nc3c2CCN(c2cccc4cccc(C)c24)C3)CC1. The van der Waals surface area contributed by atoms with E-state index in [1.807, 2.05) is 4.90 Å². The van der Waals surface area contributed by atoms with Crippen molar-refractivity contribution in [1.82, 2.24) is 24.7 Å². The van der Waals surface area contributed by atoms with Crippen molar-refractivity contribution in [2.24, 2.45) is 0 Å². The van der Waals surface area contributed by atoms with Crippen LogP contribution in [-0.2, 0) is 22.6 Å². The Balaban J connectivity index is 1.14. The molecule has 2 amide bonds. The number of carbonyl (C=O) groups excluding carboxylic acids is 2. The van der Waals surface area contributed by atoms with Crippen molar-refractivity contribution < 1.29 is 14.3 Å². The molecule has 1 aromatic heterocycles. The first-order chi connectivity index (χ1) is 20.9. The van der Waals surface area contributed by atoms with E-state index in [9.17, 15) is 9.59 Å². The lowest BCUT2D eigenvalue weighted by molar-refractivity contribution is -0.134. The van der Waals surface area contributed by atoms with Gasteiger partial charge in [-0.1, -0.05) is 30.3 Å². The Labute approximate surface area is 253 Å². The van der Waals surface area contributed by atoms with Crippen molar-refractivity contribution in [1.29, 1.82) is 0 Å². The first-order valence-corrected chi connectivity index (χ1v) is 15.6. The molecule has 4 aliphatic heterocycles. The van der Waals surface area contributed by atoms with Gasteiger partial charge in [0.1, 0.15) is 18.5 Å². The lowest BCUT2D eigenvalue weighted by Crippen LogP contribution is -2.51. The van der Waals surface area contributed by atoms with Crippen molar-refractivity contribution in [3.8, 4) is 6.01 Å². The summed E-state index contributed by atoms with van der Waals surface area (Å²) in [5, 5.41) is 2.55. The lowest BCUT2D eigenvalue weighted by atomic mass is 9.99. The van der Waals surface area contributed by atoms with Gasteiger partial charge in [-0.25, -0.2) is 0 Å². The highest BCUT2D eigenvalue weighted by atomic mass is 16.5. The van der Waals surface area contributed by atoms with E-state index in [0.717, 1.165) is 37.4 Å². The third-order valence-corrected chi connectivity index (χ3v) is 9.72. The number of piperazine rings is 1. The summed E-state index contributed by atoms with van der Waals surface area (Å²) in [4.78, 5) is 45.3.